The molecule has 144 valence electrons. The lowest BCUT2D eigenvalue weighted by Crippen LogP contribution is -2.37. The molecular formula is C22H44O2. The second kappa shape index (κ2) is 16.1. The Hall–Kier alpha value is -0.340. The van der Waals surface area contributed by atoms with Gasteiger partial charge in [-0.3, -0.25) is 0 Å². The van der Waals surface area contributed by atoms with E-state index < -0.39 is 0 Å². The van der Waals surface area contributed by atoms with Gasteiger partial charge in [-0.05, 0) is 46.5 Å². The number of hydrogen-bond acceptors (Lipinski definition) is 2. The van der Waals surface area contributed by atoms with Crippen LogP contribution in [-0.2, 0) is 9.47 Å². The monoisotopic (exact) mass is 340 g/mol. The van der Waals surface area contributed by atoms with Crippen LogP contribution < -0.4 is 0 Å². The van der Waals surface area contributed by atoms with Crippen LogP contribution in [0.15, 0.2) is 12.2 Å². The van der Waals surface area contributed by atoms with Gasteiger partial charge in [-0.2, -0.15) is 0 Å². The molecule has 0 radical (unpaired) electrons. The van der Waals surface area contributed by atoms with Gasteiger partial charge in [0.25, 0.3) is 0 Å². The SMILES string of the molecule is CC=CCCCCCCCCCCC(CCCC)(OC)OC(C)C. The molecule has 0 bridgehead atoms. The van der Waals surface area contributed by atoms with Gasteiger partial charge in [0.1, 0.15) is 0 Å². The van der Waals surface area contributed by atoms with Gasteiger partial charge in [0.15, 0.2) is 5.79 Å². The summed E-state index contributed by atoms with van der Waals surface area (Å²) in [5.74, 6) is -0.350. The molecule has 1 atom stereocenters. The van der Waals surface area contributed by atoms with E-state index in [0.29, 0.717) is 0 Å². The number of rotatable bonds is 17. The molecule has 1 unspecified atom stereocenters. The number of ether oxygens (including phenoxy) is 2. The third kappa shape index (κ3) is 13.0. The summed E-state index contributed by atoms with van der Waals surface area (Å²) in [6.07, 6.45) is 21.1. The van der Waals surface area contributed by atoms with E-state index in [9.17, 15) is 0 Å². The van der Waals surface area contributed by atoms with Gasteiger partial charge in [-0.25, -0.2) is 0 Å². The Kier molecular flexibility index (Phi) is 15.9. The molecule has 0 heterocycles. The van der Waals surface area contributed by atoms with Crippen LogP contribution in [0.1, 0.15) is 111 Å². The van der Waals surface area contributed by atoms with E-state index in [1.807, 2.05) is 7.11 Å². The molecule has 0 aromatic rings. The van der Waals surface area contributed by atoms with Crippen LogP contribution in [0.2, 0.25) is 0 Å². The van der Waals surface area contributed by atoms with Crippen molar-refractivity contribution in [3.8, 4) is 0 Å². The average molecular weight is 341 g/mol. The number of hydrogen-bond donors (Lipinski definition) is 0. The van der Waals surface area contributed by atoms with Crippen molar-refractivity contribution in [1.29, 1.82) is 0 Å². The molecule has 0 fully saturated rings. The molecule has 2 heteroatoms. The maximum atomic E-state index is 6.15. The van der Waals surface area contributed by atoms with Crippen molar-refractivity contribution in [3.63, 3.8) is 0 Å². The van der Waals surface area contributed by atoms with Crippen molar-refractivity contribution in [2.75, 3.05) is 7.11 Å². The Bertz CT molecular complexity index is 286. The van der Waals surface area contributed by atoms with E-state index in [4.69, 9.17) is 9.47 Å². The highest BCUT2D eigenvalue weighted by molar-refractivity contribution is 4.76. The summed E-state index contributed by atoms with van der Waals surface area (Å²) in [6, 6.07) is 0. The Morgan fingerprint density at radius 3 is 1.88 bits per heavy atom. The molecule has 24 heavy (non-hydrogen) atoms. The van der Waals surface area contributed by atoms with Gasteiger partial charge < -0.3 is 9.47 Å². The van der Waals surface area contributed by atoms with Crippen LogP contribution in [0, 0.1) is 0 Å². The van der Waals surface area contributed by atoms with E-state index in [0.717, 1.165) is 12.8 Å². The average Bonchev–Trinajstić information content (AvgIpc) is 2.57. The summed E-state index contributed by atoms with van der Waals surface area (Å²) in [7, 11) is 1.81. The molecule has 2 nitrogen and oxygen atoms in total. The molecule has 0 aromatic carbocycles. The zero-order valence-corrected chi connectivity index (χ0v) is 17.2. The minimum absolute atomic E-state index is 0.226. The van der Waals surface area contributed by atoms with Crippen LogP contribution >= 0.6 is 0 Å². The summed E-state index contributed by atoms with van der Waals surface area (Å²) >= 11 is 0. The van der Waals surface area contributed by atoms with Crippen LogP contribution in [0.5, 0.6) is 0 Å². The van der Waals surface area contributed by atoms with Crippen molar-refractivity contribution in [3.05, 3.63) is 12.2 Å². The standard InChI is InChI=1S/C22H44O2/c1-6-8-10-11-12-13-14-15-16-17-18-20-22(23-5,19-9-7-2)24-21(3)4/h6,8,21H,7,9-20H2,1-5H3. The second-order valence-corrected chi connectivity index (χ2v) is 7.32. The van der Waals surface area contributed by atoms with Gasteiger partial charge >= 0.3 is 0 Å². The molecule has 0 N–H and O–H groups in total. The summed E-state index contributed by atoms with van der Waals surface area (Å²) in [6.45, 7) is 8.55. The first-order valence-electron chi connectivity index (χ1n) is 10.4. The van der Waals surface area contributed by atoms with Gasteiger partial charge in [0.05, 0.1) is 6.10 Å². The fraction of sp³-hybridized carbons (Fsp3) is 0.909. The zero-order valence-electron chi connectivity index (χ0n) is 17.2. The van der Waals surface area contributed by atoms with Crippen molar-refractivity contribution >= 4 is 0 Å². The van der Waals surface area contributed by atoms with E-state index in [1.54, 1.807) is 0 Å². The van der Waals surface area contributed by atoms with Crippen LogP contribution in [0.25, 0.3) is 0 Å². The van der Waals surface area contributed by atoms with E-state index >= 15 is 0 Å². The molecule has 0 amide bonds. The van der Waals surface area contributed by atoms with Gasteiger partial charge in [0, 0.05) is 20.0 Å². The maximum Gasteiger partial charge on any atom is 0.168 e. The van der Waals surface area contributed by atoms with Gasteiger partial charge in [-0.15, -0.1) is 0 Å². The molecule has 0 rings (SSSR count). The molecule has 0 spiro atoms. The Balaban J connectivity index is 3.79. The molecule has 0 saturated heterocycles. The summed E-state index contributed by atoms with van der Waals surface area (Å²) < 4.78 is 12.0. The first-order chi connectivity index (χ1) is 11.6. The van der Waals surface area contributed by atoms with E-state index in [1.165, 1.54) is 70.6 Å². The highest BCUT2D eigenvalue weighted by Gasteiger charge is 2.30. The van der Waals surface area contributed by atoms with E-state index in [-0.39, 0.29) is 11.9 Å². The minimum atomic E-state index is -0.350. The number of methoxy groups -OCH3 is 1. The second-order valence-electron chi connectivity index (χ2n) is 7.32. The summed E-state index contributed by atoms with van der Waals surface area (Å²) in [5, 5.41) is 0. The first kappa shape index (κ1) is 23.7. The lowest BCUT2D eigenvalue weighted by molar-refractivity contribution is -0.248. The minimum Gasteiger partial charge on any atom is -0.353 e. The molecule has 0 aliphatic heterocycles. The molecule has 0 saturated carbocycles. The molecule has 0 aromatic heterocycles. The van der Waals surface area contributed by atoms with Crippen molar-refractivity contribution in [1.82, 2.24) is 0 Å². The largest absolute Gasteiger partial charge is 0.353 e. The van der Waals surface area contributed by atoms with Crippen LogP contribution in [0.4, 0.5) is 0 Å². The third-order valence-electron chi connectivity index (χ3n) is 4.65. The first-order valence-corrected chi connectivity index (χ1v) is 10.4. The van der Waals surface area contributed by atoms with E-state index in [2.05, 4.69) is 39.8 Å². The predicted octanol–water partition coefficient (Wildman–Crippen LogP) is 7.42. The Labute approximate surface area is 152 Å². The Morgan fingerprint density at radius 2 is 1.38 bits per heavy atom. The third-order valence-corrected chi connectivity index (χ3v) is 4.65. The Morgan fingerprint density at radius 1 is 0.833 bits per heavy atom. The molecular weight excluding hydrogens is 296 g/mol. The maximum absolute atomic E-state index is 6.15. The predicted molar refractivity (Wildman–Crippen MR) is 106 cm³/mol. The smallest absolute Gasteiger partial charge is 0.168 e. The fourth-order valence-electron chi connectivity index (χ4n) is 3.25. The zero-order chi connectivity index (χ0) is 18.1. The van der Waals surface area contributed by atoms with Crippen molar-refractivity contribution in [2.45, 2.75) is 123 Å². The number of allylic oxidation sites excluding steroid dienone is 2. The van der Waals surface area contributed by atoms with Gasteiger partial charge in [-0.1, -0.05) is 64.0 Å². The van der Waals surface area contributed by atoms with Gasteiger partial charge in [0.2, 0.25) is 0 Å². The number of unbranched alkanes of at least 4 members (excludes halogenated alkanes) is 9. The lowest BCUT2D eigenvalue weighted by Gasteiger charge is -2.34. The quantitative estimate of drug-likeness (QED) is 0.156. The topological polar surface area (TPSA) is 18.5 Å². The van der Waals surface area contributed by atoms with Crippen molar-refractivity contribution in [2.24, 2.45) is 0 Å². The highest BCUT2D eigenvalue weighted by atomic mass is 16.7. The molecule has 0 aliphatic rings. The van der Waals surface area contributed by atoms with Crippen LogP contribution in [0.3, 0.4) is 0 Å². The van der Waals surface area contributed by atoms with Crippen LogP contribution in [-0.4, -0.2) is 19.0 Å². The highest BCUT2D eigenvalue weighted by Crippen LogP contribution is 2.29. The fourth-order valence-corrected chi connectivity index (χ4v) is 3.25. The summed E-state index contributed by atoms with van der Waals surface area (Å²) in [4.78, 5) is 0. The normalized spacial score (nSPS) is 14.6. The summed E-state index contributed by atoms with van der Waals surface area (Å²) in [5.41, 5.74) is 0. The van der Waals surface area contributed by atoms with Crippen molar-refractivity contribution < 1.29 is 9.47 Å². The lowest BCUT2D eigenvalue weighted by atomic mass is 9.99. The molecule has 0 aliphatic carbocycles.